The standard InChI is InChI=1S/C31H26N4O7/c1-3-41-28-17-21(9-16-27(28)42-31(38)23-10-7-20(2)8-11-23)19-32-34-30(37)24-5-4-6-25(18-24)33-29(36)22-12-14-26(15-13-22)35(39)40/h4-19H,3H2,1-2H3,(H,33,36)(H,34,37). The molecular formula is C31H26N4O7. The summed E-state index contributed by atoms with van der Waals surface area (Å²) in [6.45, 7) is 4.06. The minimum absolute atomic E-state index is 0.127. The van der Waals surface area contributed by atoms with Gasteiger partial charge in [-0.1, -0.05) is 23.8 Å². The number of nitro groups is 1. The lowest BCUT2D eigenvalue weighted by molar-refractivity contribution is -0.384. The number of hydrogen-bond acceptors (Lipinski definition) is 8. The maximum Gasteiger partial charge on any atom is 0.343 e. The highest BCUT2D eigenvalue weighted by molar-refractivity contribution is 6.05. The Morgan fingerprint density at radius 1 is 0.857 bits per heavy atom. The summed E-state index contributed by atoms with van der Waals surface area (Å²) in [7, 11) is 0. The number of nitrogens with one attached hydrogen (secondary N) is 2. The average molecular weight is 567 g/mol. The molecule has 0 spiro atoms. The molecule has 0 radical (unpaired) electrons. The molecule has 0 unspecified atom stereocenters. The van der Waals surface area contributed by atoms with E-state index in [1.807, 2.05) is 19.1 Å². The molecule has 0 bridgehead atoms. The minimum Gasteiger partial charge on any atom is -0.490 e. The first-order chi connectivity index (χ1) is 20.2. The van der Waals surface area contributed by atoms with Crippen molar-refractivity contribution in [3.05, 3.63) is 129 Å². The van der Waals surface area contributed by atoms with Crippen molar-refractivity contribution in [3.8, 4) is 11.5 Å². The largest absolute Gasteiger partial charge is 0.490 e. The molecule has 4 aromatic rings. The smallest absolute Gasteiger partial charge is 0.343 e. The molecule has 0 aliphatic heterocycles. The number of carbonyl (C=O) groups is 3. The number of hydrazone groups is 1. The number of aryl methyl sites for hydroxylation is 1. The Kier molecular flexibility index (Phi) is 9.36. The highest BCUT2D eigenvalue weighted by atomic mass is 16.6. The van der Waals surface area contributed by atoms with Crippen LogP contribution in [0.3, 0.4) is 0 Å². The van der Waals surface area contributed by atoms with Crippen LogP contribution in [0.4, 0.5) is 11.4 Å². The van der Waals surface area contributed by atoms with Crippen LogP contribution >= 0.6 is 0 Å². The van der Waals surface area contributed by atoms with Gasteiger partial charge >= 0.3 is 5.97 Å². The van der Waals surface area contributed by atoms with Gasteiger partial charge in [-0.05, 0) is 80.1 Å². The zero-order chi connectivity index (χ0) is 30.1. The topological polar surface area (TPSA) is 149 Å². The molecule has 11 nitrogen and oxygen atoms in total. The van der Waals surface area contributed by atoms with Gasteiger partial charge in [0, 0.05) is 28.9 Å². The number of carbonyl (C=O) groups excluding carboxylic acids is 3. The molecule has 11 heteroatoms. The van der Waals surface area contributed by atoms with Crippen LogP contribution < -0.4 is 20.2 Å². The van der Waals surface area contributed by atoms with Gasteiger partial charge in [-0.15, -0.1) is 0 Å². The lowest BCUT2D eigenvalue weighted by atomic mass is 10.1. The summed E-state index contributed by atoms with van der Waals surface area (Å²) < 4.78 is 11.2. The van der Waals surface area contributed by atoms with E-state index in [9.17, 15) is 24.5 Å². The average Bonchev–Trinajstić information content (AvgIpc) is 2.99. The predicted molar refractivity (Wildman–Crippen MR) is 156 cm³/mol. The third kappa shape index (κ3) is 7.63. The Bertz CT molecular complexity index is 1650. The molecule has 4 aromatic carbocycles. The van der Waals surface area contributed by atoms with Gasteiger partial charge in [0.25, 0.3) is 17.5 Å². The fraction of sp³-hybridized carbons (Fsp3) is 0.0968. The normalized spacial score (nSPS) is 10.6. The number of ether oxygens (including phenoxy) is 2. The van der Waals surface area contributed by atoms with Crippen molar-refractivity contribution < 1.29 is 28.8 Å². The second-order valence-corrected chi connectivity index (χ2v) is 8.93. The first kappa shape index (κ1) is 29.2. The zero-order valence-corrected chi connectivity index (χ0v) is 22.7. The van der Waals surface area contributed by atoms with Gasteiger partial charge in [0.1, 0.15) is 0 Å². The molecule has 0 heterocycles. The summed E-state index contributed by atoms with van der Waals surface area (Å²) in [5, 5.41) is 17.5. The highest BCUT2D eigenvalue weighted by Gasteiger charge is 2.14. The van der Waals surface area contributed by atoms with E-state index in [1.165, 1.54) is 36.5 Å². The third-order valence-corrected chi connectivity index (χ3v) is 5.86. The predicted octanol–water partition coefficient (Wildman–Crippen LogP) is 5.54. The van der Waals surface area contributed by atoms with E-state index in [2.05, 4.69) is 15.8 Å². The van der Waals surface area contributed by atoms with Crippen LogP contribution in [-0.4, -0.2) is 35.5 Å². The van der Waals surface area contributed by atoms with Crippen molar-refractivity contribution >= 4 is 35.4 Å². The molecule has 0 atom stereocenters. The maximum atomic E-state index is 12.7. The van der Waals surface area contributed by atoms with E-state index in [0.29, 0.717) is 29.2 Å². The van der Waals surface area contributed by atoms with E-state index < -0.39 is 22.7 Å². The SMILES string of the molecule is CCOc1cc(C=NNC(=O)c2cccc(NC(=O)c3ccc([N+](=O)[O-])cc3)c2)ccc1OC(=O)c1ccc(C)cc1. The van der Waals surface area contributed by atoms with E-state index in [1.54, 1.807) is 55.5 Å². The van der Waals surface area contributed by atoms with Crippen LogP contribution in [-0.2, 0) is 0 Å². The van der Waals surface area contributed by atoms with Crippen LogP contribution in [0.5, 0.6) is 11.5 Å². The lowest BCUT2D eigenvalue weighted by Gasteiger charge is -2.11. The summed E-state index contributed by atoms with van der Waals surface area (Å²) >= 11 is 0. The number of amides is 2. The first-order valence-corrected chi connectivity index (χ1v) is 12.8. The number of hydrogen-bond donors (Lipinski definition) is 2. The fourth-order valence-electron chi connectivity index (χ4n) is 3.71. The Balaban J connectivity index is 1.38. The van der Waals surface area contributed by atoms with Gasteiger partial charge in [-0.2, -0.15) is 5.10 Å². The molecule has 212 valence electrons. The van der Waals surface area contributed by atoms with E-state index >= 15 is 0 Å². The van der Waals surface area contributed by atoms with E-state index in [4.69, 9.17) is 9.47 Å². The van der Waals surface area contributed by atoms with Gasteiger partial charge in [0.15, 0.2) is 11.5 Å². The van der Waals surface area contributed by atoms with Crippen molar-refractivity contribution in [2.24, 2.45) is 5.10 Å². The van der Waals surface area contributed by atoms with E-state index in [0.717, 1.165) is 5.56 Å². The van der Waals surface area contributed by atoms with Crippen LogP contribution in [0.1, 0.15) is 49.1 Å². The van der Waals surface area contributed by atoms with Gasteiger partial charge in [0.05, 0.1) is 23.3 Å². The summed E-state index contributed by atoms with van der Waals surface area (Å²) in [5.74, 6) is -0.943. The van der Waals surface area contributed by atoms with Gasteiger partial charge in [-0.25, -0.2) is 10.2 Å². The Morgan fingerprint density at radius 3 is 2.26 bits per heavy atom. The number of anilines is 1. The second kappa shape index (κ2) is 13.5. The number of esters is 1. The van der Waals surface area contributed by atoms with Gasteiger partial charge in [-0.3, -0.25) is 19.7 Å². The molecule has 0 fully saturated rings. The molecular weight excluding hydrogens is 540 g/mol. The van der Waals surface area contributed by atoms with Gasteiger partial charge in [0.2, 0.25) is 0 Å². The number of non-ortho nitro benzene ring substituents is 1. The van der Waals surface area contributed by atoms with Gasteiger partial charge < -0.3 is 14.8 Å². The van der Waals surface area contributed by atoms with Crippen molar-refractivity contribution in [3.63, 3.8) is 0 Å². The summed E-state index contributed by atoms with van der Waals surface area (Å²) in [5.41, 5.74) is 5.13. The molecule has 0 saturated heterocycles. The molecule has 0 aliphatic rings. The number of benzene rings is 4. The Hall–Kier alpha value is -5.84. The van der Waals surface area contributed by atoms with Crippen molar-refractivity contribution in [2.45, 2.75) is 13.8 Å². The van der Waals surface area contributed by atoms with Crippen LogP contribution in [0, 0.1) is 17.0 Å². The van der Waals surface area contributed by atoms with Crippen molar-refractivity contribution in [1.29, 1.82) is 0 Å². The first-order valence-electron chi connectivity index (χ1n) is 12.8. The number of nitro benzene ring substituents is 1. The van der Waals surface area contributed by atoms with E-state index in [-0.39, 0.29) is 22.6 Å². The monoisotopic (exact) mass is 566 g/mol. The number of rotatable bonds is 10. The van der Waals surface area contributed by atoms with Crippen LogP contribution in [0.2, 0.25) is 0 Å². The van der Waals surface area contributed by atoms with Crippen LogP contribution in [0.15, 0.2) is 96.1 Å². The third-order valence-electron chi connectivity index (χ3n) is 5.86. The molecule has 0 aromatic heterocycles. The molecule has 0 saturated carbocycles. The summed E-state index contributed by atoms with van der Waals surface area (Å²) in [6.07, 6.45) is 1.41. The van der Waals surface area contributed by atoms with Crippen molar-refractivity contribution in [1.82, 2.24) is 5.43 Å². The molecule has 4 rings (SSSR count). The minimum atomic E-state index is -0.552. The Morgan fingerprint density at radius 2 is 1.57 bits per heavy atom. The fourth-order valence-corrected chi connectivity index (χ4v) is 3.71. The number of nitrogens with zero attached hydrogens (tertiary/aromatic N) is 2. The molecule has 2 N–H and O–H groups in total. The van der Waals surface area contributed by atoms with Crippen molar-refractivity contribution in [2.75, 3.05) is 11.9 Å². The Labute approximate surface area is 240 Å². The zero-order valence-electron chi connectivity index (χ0n) is 22.7. The second-order valence-electron chi connectivity index (χ2n) is 8.93. The molecule has 0 aliphatic carbocycles. The maximum absolute atomic E-state index is 12.7. The lowest BCUT2D eigenvalue weighted by Crippen LogP contribution is -2.18. The highest BCUT2D eigenvalue weighted by Crippen LogP contribution is 2.29. The summed E-state index contributed by atoms with van der Waals surface area (Å²) in [6, 6.07) is 23.3. The summed E-state index contributed by atoms with van der Waals surface area (Å²) in [4.78, 5) is 48.0. The molecule has 2 amide bonds. The van der Waals surface area contributed by atoms with Crippen LogP contribution in [0.25, 0.3) is 0 Å². The quantitative estimate of drug-likeness (QED) is 0.0842. The molecule has 42 heavy (non-hydrogen) atoms.